The SMILES string of the molecule is CCn1cc(C(=O)Cc2ccccc2)c(-c2ccccn2)n1. The largest absolute Gasteiger partial charge is 0.294 e. The second-order valence-electron chi connectivity index (χ2n) is 5.05. The van der Waals surface area contributed by atoms with Gasteiger partial charge in [0.15, 0.2) is 5.78 Å². The average Bonchev–Trinajstić information content (AvgIpc) is 3.01. The van der Waals surface area contributed by atoms with Crippen molar-refractivity contribution in [2.75, 3.05) is 0 Å². The molecule has 0 aliphatic heterocycles. The van der Waals surface area contributed by atoms with E-state index in [0.29, 0.717) is 17.7 Å². The molecule has 0 atom stereocenters. The lowest BCUT2D eigenvalue weighted by molar-refractivity contribution is 0.0993. The molecule has 0 fully saturated rings. The molecule has 3 rings (SSSR count). The van der Waals surface area contributed by atoms with Crippen LogP contribution >= 0.6 is 0 Å². The van der Waals surface area contributed by atoms with Crippen LogP contribution in [-0.4, -0.2) is 20.5 Å². The minimum atomic E-state index is 0.0616. The Morgan fingerprint density at radius 2 is 1.86 bits per heavy atom. The fourth-order valence-corrected chi connectivity index (χ4v) is 2.36. The molecule has 0 aliphatic carbocycles. The number of ketones is 1. The number of pyridine rings is 1. The van der Waals surface area contributed by atoms with Gasteiger partial charge in [-0.3, -0.25) is 14.5 Å². The Morgan fingerprint density at radius 1 is 1.09 bits per heavy atom. The number of benzene rings is 1. The van der Waals surface area contributed by atoms with Gasteiger partial charge in [0.1, 0.15) is 5.69 Å². The van der Waals surface area contributed by atoms with E-state index in [0.717, 1.165) is 17.8 Å². The van der Waals surface area contributed by atoms with E-state index in [1.54, 1.807) is 10.9 Å². The number of aromatic nitrogens is 3. The summed E-state index contributed by atoms with van der Waals surface area (Å²) >= 11 is 0. The molecule has 2 aromatic heterocycles. The fraction of sp³-hybridized carbons (Fsp3) is 0.167. The molecule has 22 heavy (non-hydrogen) atoms. The van der Waals surface area contributed by atoms with Gasteiger partial charge in [-0.05, 0) is 24.6 Å². The van der Waals surface area contributed by atoms with Gasteiger partial charge in [0, 0.05) is 25.4 Å². The molecule has 3 aromatic rings. The number of carbonyl (C=O) groups excluding carboxylic acids is 1. The summed E-state index contributed by atoms with van der Waals surface area (Å²) in [6.45, 7) is 2.72. The van der Waals surface area contributed by atoms with E-state index < -0.39 is 0 Å². The van der Waals surface area contributed by atoms with Gasteiger partial charge in [-0.15, -0.1) is 0 Å². The van der Waals surface area contributed by atoms with Crippen LogP contribution in [-0.2, 0) is 13.0 Å². The molecular weight excluding hydrogens is 274 g/mol. The van der Waals surface area contributed by atoms with E-state index in [9.17, 15) is 4.79 Å². The van der Waals surface area contributed by atoms with E-state index in [1.165, 1.54) is 0 Å². The quantitative estimate of drug-likeness (QED) is 0.677. The average molecular weight is 291 g/mol. The minimum absolute atomic E-state index is 0.0616. The molecule has 0 N–H and O–H groups in total. The maximum absolute atomic E-state index is 12.7. The van der Waals surface area contributed by atoms with Crippen LogP contribution < -0.4 is 0 Å². The summed E-state index contributed by atoms with van der Waals surface area (Å²) in [6.07, 6.45) is 3.90. The Bertz CT molecular complexity index is 764. The number of Topliss-reactive ketones (excluding diaryl/α,β-unsaturated/α-hetero) is 1. The lowest BCUT2D eigenvalue weighted by atomic mass is 10.0. The summed E-state index contributed by atoms with van der Waals surface area (Å²) in [5.74, 6) is 0.0616. The second kappa shape index (κ2) is 6.35. The van der Waals surface area contributed by atoms with Crippen LogP contribution in [0.25, 0.3) is 11.4 Å². The van der Waals surface area contributed by atoms with Gasteiger partial charge in [-0.1, -0.05) is 36.4 Å². The normalized spacial score (nSPS) is 10.6. The van der Waals surface area contributed by atoms with Gasteiger partial charge in [-0.25, -0.2) is 0 Å². The highest BCUT2D eigenvalue weighted by atomic mass is 16.1. The minimum Gasteiger partial charge on any atom is -0.294 e. The number of rotatable bonds is 5. The molecule has 0 bridgehead atoms. The molecule has 4 nitrogen and oxygen atoms in total. The molecule has 1 aromatic carbocycles. The molecule has 110 valence electrons. The van der Waals surface area contributed by atoms with Crippen molar-refractivity contribution in [3.63, 3.8) is 0 Å². The van der Waals surface area contributed by atoms with Crippen LogP contribution in [0.3, 0.4) is 0 Å². The lowest BCUT2D eigenvalue weighted by Gasteiger charge is -2.02. The fourth-order valence-electron chi connectivity index (χ4n) is 2.36. The predicted octanol–water partition coefficient (Wildman–Crippen LogP) is 3.39. The molecule has 0 spiro atoms. The maximum atomic E-state index is 12.7. The highest BCUT2D eigenvalue weighted by Crippen LogP contribution is 2.21. The van der Waals surface area contributed by atoms with E-state index in [2.05, 4.69) is 10.1 Å². The Balaban J connectivity index is 1.96. The van der Waals surface area contributed by atoms with Crippen molar-refractivity contribution in [2.24, 2.45) is 0 Å². The smallest absolute Gasteiger partial charge is 0.171 e. The van der Waals surface area contributed by atoms with Crippen molar-refractivity contribution >= 4 is 5.78 Å². The third kappa shape index (κ3) is 2.96. The maximum Gasteiger partial charge on any atom is 0.171 e. The number of hydrogen-bond acceptors (Lipinski definition) is 3. The van der Waals surface area contributed by atoms with Crippen molar-refractivity contribution in [3.8, 4) is 11.4 Å². The first-order valence-corrected chi connectivity index (χ1v) is 7.34. The van der Waals surface area contributed by atoms with Crippen molar-refractivity contribution in [2.45, 2.75) is 19.9 Å². The zero-order valence-corrected chi connectivity index (χ0v) is 12.4. The number of carbonyl (C=O) groups is 1. The van der Waals surface area contributed by atoms with Crippen molar-refractivity contribution < 1.29 is 4.79 Å². The summed E-state index contributed by atoms with van der Waals surface area (Å²) in [5, 5.41) is 4.49. The number of hydrogen-bond donors (Lipinski definition) is 0. The summed E-state index contributed by atoms with van der Waals surface area (Å²) in [4.78, 5) is 17.0. The van der Waals surface area contributed by atoms with Crippen molar-refractivity contribution in [1.29, 1.82) is 0 Å². The molecule has 0 radical (unpaired) electrons. The Morgan fingerprint density at radius 3 is 2.55 bits per heavy atom. The first kappa shape index (κ1) is 14.2. The van der Waals surface area contributed by atoms with Crippen LogP contribution in [0, 0.1) is 0 Å². The molecule has 2 heterocycles. The van der Waals surface area contributed by atoms with E-state index in [-0.39, 0.29) is 5.78 Å². The first-order valence-electron chi connectivity index (χ1n) is 7.34. The molecule has 0 saturated carbocycles. The summed E-state index contributed by atoms with van der Waals surface area (Å²) in [6, 6.07) is 15.4. The Hall–Kier alpha value is -2.75. The van der Waals surface area contributed by atoms with Crippen LogP contribution in [0.15, 0.2) is 60.9 Å². The van der Waals surface area contributed by atoms with E-state index in [1.807, 2.05) is 61.7 Å². The molecule has 0 saturated heterocycles. The van der Waals surface area contributed by atoms with Gasteiger partial charge in [0.25, 0.3) is 0 Å². The van der Waals surface area contributed by atoms with Gasteiger partial charge >= 0.3 is 0 Å². The van der Waals surface area contributed by atoms with Crippen LogP contribution in [0.4, 0.5) is 0 Å². The van der Waals surface area contributed by atoms with Gasteiger partial charge in [-0.2, -0.15) is 5.10 Å². The van der Waals surface area contributed by atoms with Crippen molar-refractivity contribution in [1.82, 2.24) is 14.8 Å². The Kier molecular flexibility index (Phi) is 4.10. The molecule has 0 aliphatic rings. The second-order valence-corrected chi connectivity index (χ2v) is 5.05. The highest BCUT2D eigenvalue weighted by Gasteiger charge is 2.18. The molecule has 4 heteroatoms. The number of nitrogens with zero attached hydrogens (tertiary/aromatic N) is 3. The van der Waals surface area contributed by atoms with Crippen LogP contribution in [0.2, 0.25) is 0 Å². The molecule has 0 unspecified atom stereocenters. The third-order valence-electron chi connectivity index (χ3n) is 3.50. The highest BCUT2D eigenvalue weighted by molar-refractivity contribution is 6.02. The van der Waals surface area contributed by atoms with Crippen molar-refractivity contribution in [3.05, 3.63) is 72.1 Å². The topological polar surface area (TPSA) is 47.8 Å². The van der Waals surface area contributed by atoms with Gasteiger partial charge in [0.2, 0.25) is 0 Å². The summed E-state index contributed by atoms with van der Waals surface area (Å²) in [5.41, 5.74) is 3.02. The van der Waals surface area contributed by atoms with Crippen LogP contribution in [0.5, 0.6) is 0 Å². The number of aryl methyl sites for hydroxylation is 1. The van der Waals surface area contributed by atoms with Gasteiger partial charge in [0.05, 0.1) is 11.3 Å². The molecule has 0 amide bonds. The Labute approximate surface area is 129 Å². The van der Waals surface area contributed by atoms with E-state index in [4.69, 9.17) is 0 Å². The third-order valence-corrected chi connectivity index (χ3v) is 3.50. The zero-order chi connectivity index (χ0) is 15.4. The predicted molar refractivity (Wildman–Crippen MR) is 85.6 cm³/mol. The summed E-state index contributed by atoms with van der Waals surface area (Å²) < 4.78 is 1.78. The lowest BCUT2D eigenvalue weighted by Crippen LogP contribution is -2.04. The zero-order valence-electron chi connectivity index (χ0n) is 12.4. The monoisotopic (exact) mass is 291 g/mol. The standard InChI is InChI=1S/C18H17N3O/c1-2-21-13-15(17(22)12-14-8-4-3-5-9-14)18(20-21)16-10-6-7-11-19-16/h3-11,13H,2,12H2,1H3. The van der Waals surface area contributed by atoms with Gasteiger partial charge < -0.3 is 0 Å². The molecular formula is C18H17N3O. The first-order chi connectivity index (χ1) is 10.8. The summed E-state index contributed by atoms with van der Waals surface area (Å²) in [7, 11) is 0. The van der Waals surface area contributed by atoms with E-state index >= 15 is 0 Å². The van der Waals surface area contributed by atoms with Crippen LogP contribution in [0.1, 0.15) is 22.8 Å².